The van der Waals surface area contributed by atoms with Crippen LogP contribution in [0.3, 0.4) is 0 Å². The highest BCUT2D eigenvalue weighted by molar-refractivity contribution is 7.22. The molecule has 2 aromatic carbocycles. The third-order valence-corrected chi connectivity index (χ3v) is 4.20. The smallest absolute Gasteiger partial charge is 0.338 e. The highest BCUT2D eigenvalue weighted by atomic mass is 32.1. The van der Waals surface area contributed by atoms with E-state index in [4.69, 9.17) is 9.84 Å². The van der Waals surface area contributed by atoms with E-state index in [0.29, 0.717) is 10.2 Å². The van der Waals surface area contributed by atoms with Crippen molar-refractivity contribution in [3.8, 4) is 5.75 Å². The predicted octanol–water partition coefficient (Wildman–Crippen LogP) is 2.71. The zero-order valence-electron chi connectivity index (χ0n) is 13.0. The van der Waals surface area contributed by atoms with Crippen LogP contribution in [0, 0.1) is 10.1 Å². The lowest BCUT2D eigenvalue weighted by Gasteiger charge is -2.04. The van der Waals surface area contributed by atoms with Crippen LogP contribution in [0.4, 0.5) is 10.8 Å². The molecule has 0 saturated heterocycles. The normalized spacial score (nSPS) is 10.5. The topological polar surface area (TPSA) is 132 Å². The van der Waals surface area contributed by atoms with E-state index >= 15 is 0 Å². The molecule has 0 fully saturated rings. The number of phenolic OH excluding ortho intramolecular Hbond substituents is 1. The van der Waals surface area contributed by atoms with E-state index < -0.39 is 23.4 Å². The molecule has 132 valence electrons. The number of anilines is 1. The van der Waals surface area contributed by atoms with E-state index in [1.54, 1.807) is 0 Å². The van der Waals surface area contributed by atoms with Gasteiger partial charge in [-0.1, -0.05) is 11.3 Å². The number of thiazole rings is 1. The van der Waals surface area contributed by atoms with Gasteiger partial charge in [-0.05, 0) is 30.3 Å². The molecule has 9 nitrogen and oxygen atoms in total. The lowest BCUT2D eigenvalue weighted by atomic mass is 10.2. The second-order valence-corrected chi connectivity index (χ2v) is 6.13. The number of carbonyl (C=O) groups is 2. The van der Waals surface area contributed by atoms with Crippen LogP contribution in [-0.4, -0.2) is 33.5 Å². The Morgan fingerprint density at radius 3 is 2.65 bits per heavy atom. The van der Waals surface area contributed by atoms with Gasteiger partial charge in [-0.25, -0.2) is 9.78 Å². The summed E-state index contributed by atoms with van der Waals surface area (Å²) < 4.78 is 5.43. The van der Waals surface area contributed by atoms with Gasteiger partial charge in [0.1, 0.15) is 5.75 Å². The number of nitrogens with zero attached hydrogens (tertiary/aromatic N) is 2. The minimum atomic E-state index is -0.708. The Balaban J connectivity index is 1.61. The van der Waals surface area contributed by atoms with Gasteiger partial charge in [0.05, 0.1) is 20.7 Å². The molecule has 3 aromatic rings. The highest BCUT2D eigenvalue weighted by Crippen LogP contribution is 2.29. The van der Waals surface area contributed by atoms with E-state index in [9.17, 15) is 19.7 Å². The number of amides is 1. The number of nitro benzene ring substituents is 1. The minimum Gasteiger partial charge on any atom is -0.508 e. The Bertz CT molecular complexity index is 999. The summed E-state index contributed by atoms with van der Waals surface area (Å²) in [4.78, 5) is 38.1. The Hall–Kier alpha value is -3.53. The van der Waals surface area contributed by atoms with Crippen LogP contribution in [0.15, 0.2) is 42.5 Å². The fourth-order valence-electron chi connectivity index (χ4n) is 2.05. The number of hydrogen-bond donors (Lipinski definition) is 2. The zero-order chi connectivity index (χ0) is 18.7. The standard InChI is InChI=1S/C16H11N3O6S/c20-11-4-1-9(2-5-11)15(22)25-8-14(21)18-16-17-12-6-3-10(19(23)24)7-13(12)26-16/h1-7,20H,8H2,(H,17,18,21). The molecule has 0 aliphatic rings. The number of fused-ring (bicyclic) bond motifs is 1. The summed E-state index contributed by atoms with van der Waals surface area (Å²) >= 11 is 1.07. The molecule has 0 aliphatic carbocycles. The average molecular weight is 373 g/mol. The second kappa shape index (κ2) is 7.15. The summed E-state index contributed by atoms with van der Waals surface area (Å²) in [5.74, 6) is -1.29. The molecule has 26 heavy (non-hydrogen) atoms. The molecule has 0 unspecified atom stereocenters. The molecule has 0 spiro atoms. The fourth-order valence-corrected chi connectivity index (χ4v) is 2.96. The number of rotatable bonds is 5. The number of phenols is 1. The van der Waals surface area contributed by atoms with Crippen LogP contribution < -0.4 is 5.32 Å². The number of benzene rings is 2. The predicted molar refractivity (Wildman–Crippen MR) is 93.3 cm³/mol. The van der Waals surface area contributed by atoms with Gasteiger partial charge in [-0.15, -0.1) is 0 Å². The van der Waals surface area contributed by atoms with Crippen molar-refractivity contribution in [2.24, 2.45) is 0 Å². The van der Waals surface area contributed by atoms with E-state index in [1.165, 1.54) is 42.5 Å². The van der Waals surface area contributed by atoms with Crippen LogP contribution in [0.5, 0.6) is 5.75 Å². The largest absolute Gasteiger partial charge is 0.508 e. The number of nitro groups is 1. The van der Waals surface area contributed by atoms with Crippen LogP contribution in [0.2, 0.25) is 0 Å². The third kappa shape index (κ3) is 3.92. The Morgan fingerprint density at radius 1 is 1.23 bits per heavy atom. The monoisotopic (exact) mass is 373 g/mol. The maximum atomic E-state index is 11.9. The summed E-state index contributed by atoms with van der Waals surface area (Å²) in [7, 11) is 0. The van der Waals surface area contributed by atoms with Crippen molar-refractivity contribution in [2.75, 3.05) is 11.9 Å². The Morgan fingerprint density at radius 2 is 1.96 bits per heavy atom. The summed E-state index contributed by atoms with van der Waals surface area (Å²) in [5.41, 5.74) is 0.640. The van der Waals surface area contributed by atoms with E-state index in [1.807, 2.05) is 0 Å². The average Bonchev–Trinajstić information content (AvgIpc) is 3.01. The van der Waals surface area contributed by atoms with E-state index in [2.05, 4.69) is 10.3 Å². The Labute approximate surface area is 150 Å². The lowest BCUT2D eigenvalue weighted by Crippen LogP contribution is -2.20. The van der Waals surface area contributed by atoms with Crippen molar-refractivity contribution in [3.05, 3.63) is 58.1 Å². The molecule has 1 amide bonds. The number of nitrogens with one attached hydrogen (secondary N) is 1. The fraction of sp³-hybridized carbons (Fsp3) is 0.0625. The van der Waals surface area contributed by atoms with Crippen molar-refractivity contribution in [2.45, 2.75) is 0 Å². The summed E-state index contributed by atoms with van der Waals surface area (Å²) in [5, 5.41) is 22.7. The zero-order valence-corrected chi connectivity index (χ0v) is 13.9. The minimum absolute atomic E-state index is 0.00960. The van der Waals surface area contributed by atoms with Gasteiger partial charge < -0.3 is 9.84 Å². The SMILES string of the molecule is O=C(COC(=O)c1ccc(O)cc1)Nc1nc2ccc([N+](=O)[O-])cc2s1. The number of ether oxygens (including phenoxy) is 1. The number of aromatic hydroxyl groups is 1. The molecule has 0 radical (unpaired) electrons. The third-order valence-electron chi connectivity index (χ3n) is 3.27. The van der Waals surface area contributed by atoms with Crippen LogP contribution in [0.1, 0.15) is 10.4 Å². The molecule has 10 heteroatoms. The maximum Gasteiger partial charge on any atom is 0.338 e. The van der Waals surface area contributed by atoms with Gasteiger partial charge in [0.2, 0.25) is 0 Å². The number of esters is 1. The summed E-state index contributed by atoms with van der Waals surface area (Å²) in [6, 6.07) is 9.59. The van der Waals surface area contributed by atoms with Crippen LogP contribution >= 0.6 is 11.3 Å². The van der Waals surface area contributed by atoms with Crippen LogP contribution in [-0.2, 0) is 9.53 Å². The molecule has 1 aromatic heterocycles. The van der Waals surface area contributed by atoms with E-state index in [0.717, 1.165) is 11.3 Å². The van der Waals surface area contributed by atoms with Crippen LogP contribution in [0.25, 0.3) is 10.2 Å². The van der Waals surface area contributed by atoms with Gasteiger partial charge in [0.15, 0.2) is 11.7 Å². The van der Waals surface area contributed by atoms with Crippen molar-refractivity contribution < 1.29 is 24.4 Å². The molecule has 2 N–H and O–H groups in total. The summed E-state index contributed by atoms with van der Waals surface area (Å²) in [6.07, 6.45) is 0. The lowest BCUT2D eigenvalue weighted by molar-refractivity contribution is -0.384. The Kier molecular flexibility index (Phi) is 4.76. The molecular formula is C16H11N3O6S. The maximum absolute atomic E-state index is 11.9. The summed E-state index contributed by atoms with van der Waals surface area (Å²) in [6.45, 7) is -0.518. The molecule has 0 bridgehead atoms. The molecule has 1 heterocycles. The van der Waals surface area contributed by atoms with Crippen molar-refractivity contribution in [3.63, 3.8) is 0 Å². The first-order valence-electron chi connectivity index (χ1n) is 7.23. The van der Waals surface area contributed by atoms with Crippen molar-refractivity contribution >= 4 is 44.2 Å². The number of non-ortho nitro benzene ring substituents is 1. The first-order chi connectivity index (χ1) is 12.4. The number of carbonyl (C=O) groups excluding carboxylic acids is 2. The molecule has 0 saturated carbocycles. The van der Waals surface area contributed by atoms with E-state index in [-0.39, 0.29) is 22.1 Å². The van der Waals surface area contributed by atoms with Gasteiger partial charge >= 0.3 is 5.97 Å². The van der Waals surface area contributed by atoms with Gasteiger partial charge in [-0.3, -0.25) is 20.2 Å². The number of aromatic nitrogens is 1. The van der Waals surface area contributed by atoms with Crippen molar-refractivity contribution in [1.82, 2.24) is 4.98 Å². The highest BCUT2D eigenvalue weighted by Gasteiger charge is 2.14. The molecule has 3 rings (SSSR count). The first kappa shape index (κ1) is 17.3. The molecular weight excluding hydrogens is 362 g/mol. The van der Waals surface area contributed by atoms with Crippen molar-refractivity contribution in [1.29, 1.82) is 0 Å². The first-order valence-corrected chi connectivity index (χ1v) is 8.05. The molecule has 0 aliphatic heterocycles. The second-order valence-electron chi connectivity index (χ2n) is 5.10. The molecule has 0 atom stereocenters. The number of hydrogen-bond acceptors (Lipinski definition) is 8. The van der Waals surface area contributed by atoms with Gasteiger partial charge in [0.25, 0.3) is 11.6 Å². The van der Waals surface area contributed by atoms with Gasteiger partial charge in [0, 0.05) is 12.1 Å². The van der Waals surface area contributed by atoms with Gasteiger partial charge in [-0.2, -0.15) is 0 Å². The quantitative estimate of drug-likeness (QED) is 0.399.